The van der Waals surface area contributed by atoms with Crippen LogP contribution in [0.25, 0.3) is 0 Å². The Balaban J connectivity index is 1.99. The Morgan fingerprint density at radius 2 is 2.15 bits per heavy atom. The third-order valence-electron chi connectivity index (χ3n) is 4.85. The summed E-state index contributed by atoms with van der Waals surface area (Å²) in [5, 5.41) is 9.79. The van der Waals surface area contributed by atoms with Gasteiger partial charge in [0.05, 0.1) is 17.7 Å². The molecular weight excluding hydrogens is 330 g/mol. The molecule has 1 amide bonds. The number of nitrogens with zero attached hydrogens (tertiary/aromatic N) is 3. The van der Waals surface area contributed by atoms with Crippen molar-refractivity contribution < 1.29 is 14.7 Å². The summed E-state index contributed by atoms with van der Waals surface area (Å²) >= 11 is 0. The minimum absolute atomic E-state index is 0.0223. The zero-order valence-electron chi connectivity index (χ0n) is 15.9. The average Bonchev–Trinajstić information content (AvgIpc) is 2.60. The third-order valence-corrected chi connectivity index (χ3v) is 4.85. The van der Waals surface area contributed by atoms with Crippen molar-refractivity contribution >= 4 is 11.9 Å². The van der Waals surface area contributed by atoms with Gasteiger partial charge in [-0.05, 0) is 52.3 Å². The van der Waals surface area contributed by atoms with Crippen molar-refractivity contribution in [3.8, 4) is 0 Å². The van der Waals surface area contributed by atoms with Crippen LogP contribution in [0.15, 0.2) is 36.0 Å². The molecule has 0 spiro atoms. The molecule has 26 heavy (non-hydrogen) atoms. The number of carbonyl (C=O) groups excluding carboxylic acids is 1. The van der Waals surface area contributed by atoms with Crippen molar-refractivity contribution in [1.82, 2.24) is 14.8 Å². The molecule has 1 aliphatic rings. The van der Waals surface area contributed by atoms with Crippen molar-refractivity contribution in [3.05, 3.63) is 41.7 Å². The highest BCUT2D eigenvalue weighted by atomic mass is 16.4. The Morgan fingerprint density at radius 3 is 2.77 bits per heavy atom. The number of pyridine rings is 1. The first-order valence-electron chi connectivity index (χ1n) is 9.05. The fourth-order valence-electron chi connectivity index (χ4n) is 3.33. The van der Waals surface area contributed by atoms with Gasteiger partial charge in [-0.15, -0.1) is 0 Å². The average molecular weight is 359 g/mol. The summed E-state index contributed by atoms with van der Waals surface area (Å²) in [6, 6.07) is 5.71. The number of piperidine rings is 1. The number of rotatable bonds is 7. The van der Waals surface area contributed by atoms with Gasteiger partial charge in [-0.2, -0.15) is 0 Å². The van der Waals surface area contributed by atoms with Crippen LogP contribution >= 0.6 is 0 Å². The van der Waals surface area contributed by atoms with E-state index < -0.39 is 11.4 Å². The van der Waals surface area contributed by atoms with E-state index in [1.54, 1.807) is 11.1 Å². The second-order valence-corrected chi connectivity index (χ2v) is 7.48. The highest BCUT2D eigenvalue weighted by Gasteiger charge is 2.42. The molecule has 6 nitrogen and oxygen atoms in total. The molecule has 0 unspecified atom stereocenters. The fraction of sp³-hybridized carbons (Fsp3) is 0.550. The molecule has 0 aliphatic carbocycles. The minimum Gasteiger partial charge on any atom is -0.481 e. The van der Waals surface area contributed by atoms with E-state index in [0.717, 1.165) is 17.7 Å². The maximum atomic E-state index is 12.7. The van der Waals surface area contributed by atoms with Crippen molar-refractivity contribution in [3.63, 3.8) is 0 Å². The van der Waals surface area contributed by atoms with E-state index >= 15 is 0 Å². The van der Waals surface area contributed by atoms with Gasteiger partial charge in [0.15, 0.2) is 0 Å². The number of carbonyl (C=O) groups is 2. The maximum absolute atomic E-state index is 12.7. The summed E-state index contributed by atoms with van der Waals surface area (Å²) in [7, 11) is 1.88. The van der Waals surface area contributed by atoms with E-state index in [1.807, 2.05) is 50.1 Å². The Labute approximate surface area is 155 Å². The molecule has 1 aromatic heterocycles. The standard InChI is InChI=1S/C20H29N3O3/c1-16(2)8-10-20(19(25)26)9-6-12-23(15-20)18(24)14-22(3)13-17-7-4-5-11-21-17/h4-5,7-8,11H,6,9-10,12-15H2,1-3H3,(H,25,26)/t20-/m1/s1. The molecule has 0 radical (unpaired) electrons. The molecule has 0 aromatic carbocycles. The summed E-state index contributed by atoms with van der Waals surface area (Å²) < 4.78 is 0. The van der Waals surface area contributed by atoms with Gasteiger partial charge >= 0.3 is 5.97 Å². The predicted molar refractivity (Wildman–Crippen MR) is 101 cm³/mol. The lowest BCUT2D eigenvalue weighted by Gasteiger charge is -2.40. The quantitative estimate of drug-likeness (QED) is 0.758. The first-order chi connectivity index (χ1) is 12.3. The largest absolute Gasteiger partial charge is 0.481 e. The SMILES string of the molecule is CC(C)=CC[C@]1(C(=O)O)CCCN(C(=O)CN(C)Cc2ccccn2)C1. The molecule has 0 saturated carbocycles. The monoisotopic (exact) mass is 359 g/mol. The number of aliphatic carboxylic acids is 1. The normalized spacial score (nSPS) is 20.1. The van der Waals surface area contributed by atoms with Gasteiger partial charge in [0.25, 0.3) is 0 Å². The topological polar surface area (TPSA) is 73.7 Å². The number of hydrogen-bond acceptors (Lipinski definition) is 4. The minimum atomic E-state index is -0.870. The number of hydrogen-bond donors (Lipinski definition) is 1. The van der Waals surface area contributed by atoms with Crippen LogP contribution in [0.3, 0.4) is 0 Å². The van der Waals surface area contributed by atoms with Gasteiger partial charge in [-0.1, -0.05) is 17.7 Å². The summed E-state index contributed by atoms with van der Waals surface area (Å²) in [6.07, 6.45) is 5.51. The van der Waals surface area contributed by atoms with Crippen molar-refractivity contribution in [1.29, 1.82) is 0 Å². The summed E-state index contributed by atoms with van der Waals surface area (Å²) in [5.41, 5.74) is 1.14. The lowest BCUT2D eigenvalue weighted by Crippen LogP contribution is -2.51. The Hall–Kier alpha value is -2.21. The number of likely N-dealkylation sites (N-methyl/N-ethyl adjacent to an activating group) is 1. The molecule has 142 valence electrons. The van der Waals surface area contributed by atoms with Crippen molar-refractivity contribution in [2.24, 2.45) is 5.41 Å². The predicted octanol–water partition coefficient (Wildman–Crippen LogP) is 2.56. The number of allylic oxidation sites excluding steroid dienone is 2. The van der Waals surface area contributed by atoms with Gasteiger partial charge < -0.3 is 10.0 Å². The van der Waals surface area contributed by atoms with Crippen LogP contribution < -0.4 is 0 Å². The molecule has 2 heterocycles. The molecule has 1 aliphatic heterocycles. The first-order valence-corrected chi connectivity index (χ1v) is 9.05. The number of amides is 1. The third kappa shape index (κ3) is 5.39. The highest BCUT2D eigenvalue weighted by molar-refractivity contribution is 5.81. The Morgan fingerprint density at radius 1 is 1.38 bits per heavy atom. The molecule has 1 atom stereocenters. The van der Waals surface area contributed by atoms with Gasteiger partial charge in [-0.3, -0.25) is 19.5 Å². The van der Waals surface area contributed by atoms with E-state index in [9.17, 15) is 14.7 Å². The van der Waals surface area contributed by atoms with E-state index in [2.05, 4.69) is 4.98 Å². The molecule has 2 rings (SSSR count). The van der Waals surface area contributed by atoms with E-state index in [4.69, 9.17) is 0 Å². The molecule has 0 bridgehead atoms. The first kappa shape index (κ1) is 20.1. The summed E-state index contributed by atoms with van der Waals surface area (Å²) in [4.78, 5) is 32.5. The molecule has 1 fully saturated rings. The Bertz CT molecular complexity index is 656. The van der Waals surface area contributed by atoms with Gasteiger partial charge in [-0.25, -0.2) is 0 Å². The fourth-order valence-corrected chi connectivity index (χ4v) is 3.33. The number of likely N-dealkylation sites (tertiary alicyclic amines) is 1. The maximum Gasteiger partial charge on any atom is 0.311 e. The van der Waals surface area contributed by atoms with Gasteiger partial charge in [0.1, 0.15) is 0 Å². The lowest BCUT2D eigenvalue weighted by molar-refractivity contribution is -0.154. The van der Waals surface area contributed by atoms with Crippen LogP contribution in [-0.2, 0) is 16.1 Å². The molecule has 1 saturated heterocycles. The van der Waals surface area contributed by atoms with E-state index in [1.165, 1.54) is 0 Å². The van der Waals surface area contributed by atoms with Crippen LogP contribution in [0, 0.1) is 5.41 Å². The summed E-state index contributed by atoms with van der Waals surface area (Å²) in [6.45, 7) is 5.68. The van der Waals surface area contributed by atoms with Gasteiger partial charge in [0.2, 0.25) is 5.91 Å². The number of carboxylic acids is 1. The summed E-state index contributed by atoms with van der Waals surface area (Å²) in [5.74, 6) is -0.833. The smallest absolute Gasteiger partial charge is 0.311 e. The zero-order valence-corrected chi connectivity index (χ0v) is 15.9. The van der Waals surface area contributed by atoms with Crippen LogP contribution in [0.4, 0.5) is 0 Å². The second kappa shape index (κ2) is 8.94. The number of aromatic nitrogens is 1. The molecular formula is C20H29N3O3. The van der Waals surface area contributed by atoms with Gasteiger partial charge in [0, 0.05) is 25.8 Å². The van der Waals surface area contributed by atoms with Crippen LogP contribution in [-0.4, -0.2) is 58.4 Å². The molecule has 1 N–H and O–H groups in total. The van der Waals surface area contributed by atoms with Crippen molar-refractivity contribution in [2.75, 3.05) is 26.7 Å². The van der Waals surface area contributed by atoms with Crippen LogP contribution in [0.2, 0.25) is 0 Å². The highest BCUT2D eigenvalue weighted by Crippen LogP contribution is 2.35. The number of carboxylic acid groups (broad SMARTS) is 1. The second-order valence-electron chi connectivity index (χ2n) is 7.48. The lowest BCUT2D eigenvalue weighted by atomic mass is 9.76. The molecule has 1 aromatic rings. The van der Waals surface area contributed by atoms with Crippen LogP contribution in [0.1, 0.15) is 38.8 Å². The Kier molecular flexibility index (Phi) is 6.91. The van der Waals surface area contributed by atoms with Crippen LogP contribution in [0.5, 0.6) is 0 Å². The van der Waals surface area contributed by atoms with Crippen molar-refractivity contribution in [2.45, 2.75) is 39.7 Å². The van der Waals surface area contributed by atoms with E-state index in [-0.39, 0.29) is 19.0 Å². The van der Waals surface area contributed by atoms with E-state index in [0.29, 0.717) is 25.9 Å². The zero-order chi connectivity index (χ0) is 19.2. The molecule has 6 heteroatoms.